The topological polar surface area (TPSA) is 88.2 Å². The molecule has 0 unspecified atom stereocenters. The number of carbonyl (C=O) groups excluding carboxylic acids is 1. The SMILES string of the molecule is CC(=O)c1ccc(Nc2ccc(NS(=O)(=O)c3ccc(F)cc3C)cn2)cc1. The van der Waals surface area contributed by atoms with Gasteiger partial charge in [-0.1, -0.05) is 0 Å². The number of hydrogen-bond donors (Lipinski definition) is 2. The van der Waals surface area contributed by atoms with E-state index in [9.17, 15) is 17.6 Å². The van der Waals surface area contributed by atoms with Gasteiger partial charge < -0.3 is 5.32 Å². The van der Waals surface area contributed by atoms with Crippen LogP contribution in [-0.2, 0) is 10.0 Å². The third-order valence-corrected chi connectivity index (χ3v) is 5.55. The van der Waals surface area contributed by atoms with Crippen LogP contribution in [0.4, 0.5) is 21.6 Å². The Balaban J connectivity index is 1.72. The van der Waals surface area contributed by atoms with E-state index in [2.05, 4.69) is 15.0 Å². The number of halogens is 1. The molecule has 1 heterocycles. The van der Waals surface area contributed by atoms with Crippen LogP contribution in [0.15, 0.2) is 65.7 Å². The average molecular weight is 399 g/mol. The second-order valence-corrected chi connectivity index (χ2v) is 7.86. The molecule has 6 nitrogen and oxygen atoms in total. The lowest BCUT2D eigenvalue weighted by Crippen LogP contribution is -2.14. The van der Waals surface area contributed by atoms with Crippen LogP contribution in [0, 0.1) is 12.7 Å². The zero-order chi connectivity index (χ0) is 20.3. The number of rotatable bonds is 6. The summed E-state index contributed by atoms with van der Waals surface area (Å²) in [6.07, 6.45) is 1.38. The Morgan fingerprint density at radius 1 is 1.00 bits per heavy atom. The predicted octanol–water partition coefficient (Wildman–Crippen LogP) is 4.28. The van der Waals surface area contributed by atoms with Crippen molar-refractivity contribution in [3.05, 3.63) is 77.7 Å². The van der Waals surface area contributed by atoms with Crippen LogP contribution >= 0.6 is 0 Å². The molecule has 2 aromatic carbocycles. The van der Waals surface area contributed by atoms with Crippen LogP contribution in [0.25, 0.3) is 0 Å². The van der Waals surface area contributed by atoms with Crippen LogP contribution in [0.1, 0.15) is 22.8 Å². The van der Waals surface area contributed by atoms with Crippen molar-refractivity contribution in [3.8, 4) is 0 Å². The first-order valence-electron chi connectivity index (χ1n) is 8.38. The number of hydrogen-bond acceptors (Lipinski definition) is 5. The molecule has 0 aliphatic rings. The van der Waals surface area contributed by atoms with Gasteiger partial charge in [0.2, 0.25) is 0 Å². The van der Waals surface area contributed by atoms with Crippen LogP contribution in [0.3, 0.4) is 0 Å². The normalized spacial score (nSPS) is 11.1. The second-order valence-electron chi connectivity index (χ2n) is 6.21. The number of ketones is 1. The largest absolute Gasteiger partial charge is 0.340 e. The van der Waals surface area contributed by atoms with E-state index in [0.29, 0.717) is 16.9 Å². The van der Waals surface area contributed by atoms with Gasteiger partial charge in [-0.25, -0.2) is 17.8 Å². The van der Waals surface area contributed by atoms with Gasteiger partial charge in [0.25, 0.3) is 10.0 Å². The van der Waals surface area contributed by atoms with Crippen molar-refractivity contribution in [2.75, 3.05) is 10.0 Å². The molecule has 0 amide bonds. The zero-order valence-electron chi connectivity index (χ0n) is 15.2. The molecular formula is C20H18FN3O3S. The zero-order valence-corrected chi connectivity index (χ0v) is 16.0. The highest BCUT2D eigenvalue weighted by Crippen LogP contribution is 2.21. The third kappa shape index (κ3) is 4.52. The van der Waals surface area contributed by atoms with Gasteiger partial charge in [0.1, 0.15) is 11.6 Å². The van der Waals surface area contributed by atoms with Gasteiger partial charge in [0.15, 0.2) is 5.78 Å². The number of anilines is 3. The second kappa shape index (κ2) is 7.77. The fourth-order valence-electron chi connectivity index (χ4n) is 2.59. The van der Waals surface area contributed by atoms with Gasteiger partial charge in [-0.05, 0) is 74.0 Å². The lowest BCUT2D eigenvalue weighted by Gasteiger charge is -2.11. The molecule has 0 saturated carbocycles. The number of carbonyl (C=O) groups is 1. The molecule has 0 atom stereocenters. The molecule has 0 bridgehead atoms. The Morgan fingerprint density at radius 3 is 2.25 bits per heavy atom. The summed E-state index contributed by atoms with van der Waals surface area (Å²) < 4.78 is 40.6. The van der Waals surface area contributed by atoms with E-state index in [1.54, 1.807) is 36.4 Å². The van der Waals surface area contributed by atoms with Crippen molar-refractivity contribution in [2.24, 2.45) is 0 Å². The number of Topliss-reactive ketones (excluding diaryl/α,β-unsaturated/α-hetero) is 1. The molecule has 3 rings (SSSR count). The van der Waals surface area contributed by atoms with E-state index in [1.165, 1.54) is 26.1 Å². The van der Waals surface area contributed by atoms with Crippen LogP contribution in [0.2, 0.25) is 0 Å². The summed E-state index contributed by atoms with van der Waals surface area (Å²) in [5.74, 6) is -0.000863. The number of aryl methyl sites for hydroxylation is 1. The van der Waals surface area contributed by atoms with Gasteiger partial charge in [-0.15, -0.1) is 0 Å². The first kappa shape index (κ1) is 19.5. The van der Waals surface area contributed by atoms with Crippen molar-refractivity contribution >= 4 is 33.0 Å². The summed E-state index contributed by atoms with van der Waals surface area (Å²) >= 11 is 0. The van der Waals surface area contributed by atoms with Crippen LogP contribution in [-0.4, -0.2) is 19.2 Å². The summed E-state index contributed by atoms with van der Waals surface area (Å²) in [5, 5.41) is 3.07. The van der Waals surface area contributed by atoms with Gasteiger partial charge in [0, 0.05) is 11.3 Å². The molecule has 2 N–H and O–H groups in total. The minimum Gasteiger partial charge on any atom is -0.340 e. The quantitative estimate of drug-likeness (QED) is 0.604. The number of sulfonamides is 1. The Kier molecular flexibility index (Phi) is 5.41. The van der Waals surface area contributed by atoms with Gasteiger partial charge in [0.05, 0.1) is 16.8 Å². The highest BCUT2D eigenvalue weighted by molar-refractivity contribution is 7.92. The number of nitrogens with zero attached hydrogens (tertiary/aromatic N) is 1. The number of aromatic nitrogens is 1. The van der Waals surface area contributed by atoms with E-state index in [-0.39, 0.29) is 16.4 Å². The highest BCUT2D eigenvalue weighted by Gasteiger charge is 2.17. The first-order chi connectivity index (χ1) is 13.2. The van der Waals surface area contributed by atoms with Gasteiger partial charge in [-0.3, -0.25) is 9.52 Å². The molecule has 0 fully saturated rings. The number of benzene rings is 2. The molecule has 1 aromatic heterocycles. The Hall–Kier alpha value is -3.26. The molecule has 0 aliphatic heterocycles. The maximum absolute atomic E-state index is 13.2. The van der Waals surface area contributed by atoms with Crippen molar-refractivity contribution in [1.29, 1.82) is 0 Å². The Labute approximate surface area is 162 Å². The van der Waals surface area contributed by atoms with E-state index < -0.39 is 15.8 Å². The molecule has 0 aliphatic carbocycles. The molecular weight excluding hydrogens is 381 g/mol. The van der Waals surface area contributed by atoms with E-state index in [4.69, 9.17) is 0 Å². The molecule has 144 valence electrons. The number of nitrogens with one attached hydrogen (secondary N) is 2. The summed E-state index contributed by atoms with van der Waals surface area (Å²) in [6.45, 7) is 3.03. The first-order valence-corrected chi connectivity index (χ1v) is 9.86. The molecule has 0 radical (unpaired) electrons. The van der Waals surface area contributed by atoms with E-state index in [0.717, 1.165) is 17.8 Å². The Bertz CT molecular complexity index is 1110. The van der Waals surface area contributed by atoms with Crippen molar-refractivity contribution in [1.82, 2.24) is 4.98 Å². The standard InChI is InChI=1S/C20H18FN3O3S/c1-13-11-16(21)5-9-19(13)28(26,27)24-18-8-10-20(22-12-18)23-17-6-3-15(4-7-17)14(2)25/h3-12,24H,1-2H3,(H,22,23). The fourth-order valence-corrected chi connectivity index (χ4v) is 3.86. The summed E-state index contributed by atoms with van der Waals surface area (Å²) in [6, 6.07) is 13.6. The summed E-state index contributed by atoms with van der Waals surface area (Å²) in [5.41, 5.74) is 1.95. The van der Waals surface area contributed by atoms with E-state index >= 15 is 0 Å². The molecule has 8 heteroatoms. The predicted molar refractivity (Wildman–Crippen MR) is 106 cm³/mol. The monoisotopic (exact) mass is 399 g/mol. The summed E-state index contributed by atoms with van der Waals surface area (Å²) in [4.78, 5) is 15.5. The highest BCUT2D eigenvalue weighted by atomic mass is 32.2. The van der Waals surface area contributed by atoms with Crippen molar-refractivity contribution < 1.29 is 17.6 Å². The third-order valence-electron chi connectivity index (χ3n) is 4.01. The molecule has 3 aromatic rings. The van der Waals surface area contributed by atoms with Crippen molar-refractivity contribution in [3.63, 3.8) is 0 Å². The number of pyridine rings is 1. The minimum absolute atomic E-state index is 0.00154. The molecule has 0 saturated heterocycles. The summed E-state index contributed by atoms with van der Waals surface area (Å²) in [7, 11) is -3.85. The fraction of sp³-hybridized carbons (Fsp3) is 0.100. The lowest BCUT2D eigenvalue weighted by atomic mass is 10.1. The minimum atomic E-state index is -3.85. The average Bonchev–Trinajstić information content (AvgIpc) is 2.63. The smallest absolute Gasteiger partial charge is 0.262 e. The maximum Gasteiger partial charge on any atom is 0.262 e. The van der Waals surface area contributed by atoms with Crippen LogP contribution in [0.5, 0.6) is 0 Å². The van der Waals surface area contributed by atoms with Crippen molar-refractivity contribution in [2.45, 2.75) is 18.7 Å². The van der Waals surface area contributed by atoms with Gasteiger partial charge in [-0.2, -0.15) is 0 Å². The van der Waals surface area contributed by atoms with E-state index in [1.807, 2.05) is 0 Å². The Morgan fingerprint density at radius 2 is 1.68 bits per heavy atom. The lowest BCUT2D eigenvalue weighted by molar-refractivity contribution is 0.101. The van der Waals surface area contributed by atoms with Gasteiger partial charge >= 0.3 is 0 Å². The molecule has 0 spiro atoms. The molecule has 28 heavy (non-hydrogen) atoms. The van der Waals surface area contributed by atoms with Crippen LogP contribution < -0.4 is 10.0 Å². The maximum atomic E-state index is 13.2.